The summed E-state index contributed by atoms with van der Waals surface area (Å²) in [5.41, 5.74) is 0.366. The normalized spacial score (nSPS) is 11.4. The highest BCUT2D eigenvalue weighted by atomic mass is 79.9. The second kappa shape index (κ2) is 5.52. The molecule has 0 bridgehead atoms. The van der Waals surface area contributed by atoms with Crippen molar-refractivity contribution in [1.82, 2.24) is 0 Å². The van der Waals surface area contributed by atoms with Gasteiger partial charge in [0.25, 0.3) is 0 Å². The minimum atomic E-state index is -0.754. The molecule has 1 rings (SSSR count). The number of carbonyl (C=O) groups is 1. The molecule has 5 heteroatoms. The molecular weight excluding hydrogens is 274 g/mol. The zero-order chi connectivity index (χ0) is 12.1. The fourth-order valence-corrected chi connectivity index (χ4v) is 1.57. The Balaban J connectivity index is 2.97. The fourth-order valence-electron chi connectivity index (χ4n) is 1.11. The molecule has 1 atom stereocenters. The van der Waals surface area contributed by atoms with Crippen LogP contribution in [0.3, 0.4) is 0 Å². The van der Waals surface area contributed by atoms with E-state index in [0.717, 1.165) is 0 Å². The molecule has 0 fully saturated rings. The summed E-state index contributed by atoms with van der Waals surface area (Å²) in [6.45, 7) is 1.56. The smallest absolute Gasteiger partial charge is 0.346 e. The van der Waals surface area contributed by atoms with Gasteiger partial charge in [-0.2, -0.15) is 5.26 Å². The number of nitrogens with zero attached hydrogens (tertiary/aromatic N) is 1. The Kier molecular flexibility index (Phi) is 4.32. The maximum Gasteiger partial charge on any atom is 0.346 e. The SMILES string of the molecule is COC(=O)C(C)Oc1c(Br)cccc1C#N. The first-order chi connectivity index (χ1) is 7.60. The number of halogens is 1. The summed E-state index contributed by atoms with van der Waals surface area (Å²) < 4.78 is 10.5. The van der Waals surface area contributed by atoms with Gasteiger partial charge in [0.15, 0.2) is 11.9 Å². The number of hydrogen-bond donors (Lipinski definition) is 0. The Morgan fingerprint density at radius 2 is 2.25 bits per heavy atom. The van der Waals surface area contributed by atoms with E-state index < -0.39 is 12.1 Å². The molecule has 84 valence electrons. The van der Waals surface area contributed by atoms with Gasteiger partial charge >= 0.3 is 5.97 Å². The van der Waals surface area contributed by atoms with Crippen LogP contribution in [0.2, 0.25) is 0 Å². The molecule has 1 unspecified atom stereocenters. The third kappa shape index (κ3) is 2.74. The summed E-state index contributed by atoms with van der Waals surface area (Å²) in [6.07, 6.45) is -0.754. The zero-order valence-corrected chi connectivity index (χ0v) is 10.4. The number of esters is 1. The summed E-state index contributed by atoms with van der Waals surface area (Å²) in [5.74, 6) is -0.137. The standard InChI is InChI=1S/C11H10BrNO3/c1-7(11(14)15-2)16-10-8(6-13)4-3-5-9(10)12/h3-5,7H,1-2H3. The molecule has 0 aliphatic carbocycles. The summed E-state index contributed by atoms with van der Waals surface area (Å²) in [7, 11) is 1.29. The van der Waals surface area contributed by atoms with E-state index in [-0.39, 0.29) is 0 Å². The maximum atomic E-state index is 11.2. The van der Waals surface area contributed by atoms with Crippen LogP contribution in [0.1, 0.15) is 12.5 Å². The van der Waals surface area contributed by atoms with E-state index in [1.165, 1.54) is 7.11 Å². The number of ether oxygens (including phenoxy) is 2. The van der Waals surface area contributed by atoms with E-state index in [4.69, 9.17) is 10.00 Å². The predicted molar refractivity (Wildman–Crippen MR) is 61.0 cm³/mol. The number of methoxy groups -OCH3 is 1. The first kappa shape index (κ1) is 12.5. The van der Waals surface area contributed by atoms with Crippen molar-refractivity contribution in [2.45, 2.75) is 13.0 Å². The molecule has 0 spiro atoms. The number of nitriles is 1. The second-order valence-corrected chi connectivity index (χ2v) is 3.87. The molecule has 0 aliphatic heterocycles. The largest absolute Gasteiger partial charge is 0.476 e. The van der Waals surface area contributed by atoms with E-state index in [2.05, 4.69) is 20.7 Å². The molecule has 16 heavy (non-hydrogen) atoms. The van der Waals surface area contributed by atoms with Gasteiger partial charge in [-0.05, 0) is 35.0 Å². The van der Waals surface area contributed by atoms with Crippen LogP contribution < -0.4 is 4.74 Å². The van der Waals surface area contributed by atoms with Gasteiger partial charge in [0.1, 0.15) is 6.07 Å². The quantitative estimate of drug-likeness (QED) is 0.799. The highest BCUT2D eigenvalue weighted by Crippen LogP contribution is 2.29. The number of carbonyl (C=O) groups excluding carboxylic acids is 1. The van der Waals surface area contributed by atoms with Gasteiger partial charge in [-0.3, -0.25) is 0 Å². The van der Waals surface area contributed by atoms with E-state index in [1.54, 1.807) is 25.1 Å². The lowest BCUT2D eigenvalue weighted by Crippen LogP contribution is -2.25. The van der Waals surface area contributed by atoms with Crippen molar-refractivity contribution in [3.05, 3.63) is 28.2 Å². The average molecular weight is 284 g/mol. The molecule has 0 aliphatic rings. The van der Waals surface area contributed by atoms with E-state index in [9.17, 15) is 4.79 Å². The fraction of sp³-hybridized carbons (Fsp3) is 0.273. The first-order valence-electron chi connectivity index (χ1n) is 4.53. The monoisotopic (exact) mass is 283 g/mol. The van der Waals surface area contributed by atoms with Crippen LogP contribution in [0.15, 0.2) is 22.7 Å². The average Bonchev–Trinajstić information content (AvgIpc) is 2.30. The molecule has 0 saturated heterocycles. The Hall–Kier alpha value is -1.54. The second-order valence-electron chi connectivity index (χ2n) is 3.01. The van der Waals surface area contributed by atoms with Crippen molar-refractivity contribution in [3.63, 3.8) is 0 Å². The van der Waals surface area contributed by atoms with Crippen molar-refractivity contribution < 1.29 is 14.3 Å². The van der Waals surface area contributed by atoms with E-state index in [1.807, 2.05) is 6.07 Å². The summed E-state index contributed by atoms with van der Waals surface area (Å²) in [5, 5.41) is 8.88. The van der Waals surface area contributed by atoms with Crippen LogP contribution in [-0.2, 0) is 9.53 Å². The predicted octanol–water partition coefficient (Wildman–Crippen LogP) is 2.26. The number of rotatable bonds is 3. The molecule has 0 aromatic heterocycles. The third-order valence-electron chi connectivity index (χ3n) is 1.92. The molecule has 1 aromatic rings. The van der Waals surface area contributed by atoms with Crippen molar-refractivity contribution in [2.75, 3.05) is 7.11 Å². The highest BCUT2D eigenvalue weighted by molar-refractivity contribution is 9.10. The molecule has 4 nitrogen and oxygen atoms in total. The lowest BCUT2D eigenvalue weighted by molar-refractivity contribution is -0.147. The third-order valence-corrected chi connectivity index (χ3v) is 2.54. The van der Waals surface area contributed by atoms with E-state index in [0.29, 0.717) is 15.8 Å². The lowest BCUT2D eigenvalue weighted by atomic mass is 10.2. The Morgan fingerprint density at radius 1 is 1.56 bits per heavy atom. The Labute approximate surface area is 102 Å². The van der Waals surface area contributed by atoms with Crippen LogP contribution in [0.5, 0.6) is 5.75 Å². The first-order valence-corrected chi connectivity index (χ1v) is 5.32. The van der Waals surface area contributed by atoms with Gasteiger partial charge in [-0.25, -0.2) is 4.79 Å². The van der Waals surface area contributed by atoms with E-state index >= 15 is 0 Å². The summed E-state index contributed by atoms with van der Waals surface area (Å²) >= 11 is 3.26. The minimum absolute atomic E-state index is 0.350. The van der Waals surface area contributed by atoms with Gasteiger partial charge in [-0.15, -0.1) is 0 Å². The number of hydrogen-bond acceptors (Lipinski definition) is 4. The van der Waals surface area contributed by atoms with Gasteiger partial charge in [0.2, 0.25) is 0 Å². The van der Waals surface area contributed by atoms with Crippen LogP contribution in [-0.4, -0.2) is 19.2 Å². The highest BCUT2D eigenvalue weighted by Gasteiger charge is 2.18. The van der Waals surface area contributed by atoms with Crippen LogP contribution in [0.25, 0.3) is 0 Å². The van der Waals surface area contributed by atoms with Crippen LogP contribution >= 0.6 is 15.9 Å². The van der Waals surface area contributed by atoms with Gasteiger partial charge in [0.05, 0.1) is 17.1 Å². The number of para-hydroxylation sites is 1. The molecule has 0 heterocycles. The topological polar surface area (TPSA) is 59.3 Å². The van der Waals surface area contributed by atoms with Crippen molar-refractivity contribution >= 4 is 21.9 Å². The zero-order valence-electron chi connectivity index (χ0n) is 8.86. The molecular formula is C11H10BrNO3. The molecule has 1 aromatic carbocycles. The van der Waals surface area contributed by atoms with Crippen molar-refractivity contribution in [3.8, 4) is 11.8 Å². The summed E-state index contributed by atoms with van der Waals surface area (Å²) in [4.78, 5) is 11.2. The van der Waals surface area contributed by atoms with Crippen LogP contribution in [0.4, 0.5) is 0 Å². The number of benzene rings is 1. The molecule has 0 amide bonds. The Morgan fingerprint density at radius 3 is 2.81 bits per heavy atom. The molecule has 0 N–H and O–H groups in total. The van der Waals surface area contributed by atoms with Crippen molar-refractivity contribution in [1.29, 1.82) is 5.26 Å². The van der Waals surface area contributed by atoms with Crippen molar-refractivity contribution in [2.24, 2.45) is 0 Å². The minimum Gasteiger partial charge on any atom is -0.476 e. The Bertz CT molecular complexity index is 439. The van der Waals surface area contributed by atoms with Crippen LogP contribution in [0, 0.1) is 11.3 Å². The molecule has 0 saturated carbocycles. The maximum absolute atomic E-state index is 11.2. The van der Waals surface area contributed by atoms with Gasteiger partial charge in [0, 0.05) is 0 Å². The lowest BCUT2D eigenvalue weighted by Gasteiger charge is -2.14. The van der Waals surface area contributed by atoms with Gasteiger partial charge in [-0.1, -0.05) is 6.07 Å². The molecule has 0 radical (unpaired) electrons. The summed E-state index contributed by atoms with van der Waals surface area (Å²) in [6, 6.07) is 7.06. The van der Waals surface area contributed by atoms with Gasteiger partial charge < -0.3 is 9.47 Å².